The second-order valence-corrected chi connectivity index (χ2v) is 7.66. The van der Waals surface area contributed by atoms with Gasteiger partial charge in [-0.1, -0.05) is 36.4 Å². The number of pyridine rings is 1. The Morgan fingerprint density at radius 3 is 1.78 bits per heavy atom. The molecular weight excluding hydrogens is 404 g/mol. The Morgan fingerprint density at radius 1 is 0.656 bits per heavy atom. The number of fused-ring (bicyclic) bond motifs is 4. The number of hydrogen-bond acceptors (Lipinski definition) is 4. The molecule has 0 saturated carbocycles. The Labute approximate surface area is 181 Å². The van der Waals surface area contributed by atoms with Crippen LogP contribution in [0.5, 0.6) is 0 Å². The lowest BCUT2D eigenvalue weighted by Crippen LogP contribution is -2.24. The summed E-state index contributed by atoms with van der Waals surface area (Å²) in [7, 11) is 0. The van der Waals surface area contributed by atoms with Crippen LogP contribution >= 0.6 is 0 Å². The van der Waals surface area contributed by atoms with Crippen molar-refractivity contribution in [3.05, 3.63) is 100 Å². The first-order chi connectivity index (χ1) is 15.5. The highest BCUT2D eigenvalue weighted by Crippen LogP contribution is 2.32. The lowest BCUT2D eigenvalue weighted by Gasteiger charge is -2.13. The average molecular weight is 420 g/mol. The van der Waals surface area contributed by atoms with Crippen LogP contribution in [0.4, 0.5) is 5.82 Å². The van der Waals surface area contributed by atoms with Gasteiger partial charge in [0.25, 0.3) is 17.4 Å². The summed E-state index contributed by atoms with van der Waals surface area (Å²) in [4.78, 5) is 36.7. The summed E-state index contributed by atoms with van der Waals surface area (Å²) in [5.41, 5.74) is 9.29. The van der Waals surface area contributed by atoms with Crippen LogP contribution in [0, 0.1) is 0 Å². The van der Waals surface area contributed by atoms with Gasteiger partial charge in [-0.3, -0.25) is 24.3 Å². The number of nitrogen functional groups attached to an aromatic ring is 1. The van der Waals surface area contributed by atoms with Crippen LogP contribution < -0.4 is 16.6 Å². The van der Waals surface area contributed by atoms with Crippen molar-refractivity contribution in [3.63, 3.8) is 0 Å². The zero-order chi connectivity index (χ0) is 22.0. The van der Waals surface area contributed by atoms with Crippen LogP contribution in [-0.2, 0) is 0 Å². The number of amides is 2. The van der Waals surface area contributed by atoms with E-state index in [-0.39, 0.29) is 16.9 Å². The average Bonchev–Trinajstić information content (AvgIpc) is 3.28. The first kappa shape index (κ1) is 18.1. The first-order valence-electron chi connectivity index (χ1n) is 10.0. The van der Waals surface area contributed by atoms with Crippen molar-refractivity contribution in [2.45, 2.75) is 0 Å². The molecule has 3 aromatic carbocycles. The molecule has 7 heteroatoms. The van der Waals surface area contributed by atoms with Gasteiger partial charge in [0.2, 0.25) is 0 Å². The van der Waals surface area contributed by atoms with Crippen molar-refractivity contribution in [2.75, 3.05) is 5.73 Å². The number of carbonyl (C=O) groups is 2. The number of aromatic nitrogens is 2. The van der Waals surface area contributed by atoms with Crippen LogP contribution in [0.3, 0.4) is 0 Å². The fourth-order valence-electron chi connectivity index (χ4n) is 4.50. The van der Waals surface area contributed by atoms with Crippen molar-refractivity contribution in [3.8, 4) is 11.4 Å². The van der Waals surface area contributed by atoms with E-state index in [0.29, 0.717) is 5.69 Å². The van der Waals surface area contributed by atoms with E-state index in [9.17, 15) is 14.4 Å². The molecule has 3 heterocycles. The molecule has 154 valence electrons. The Balaban J connectivity index is 1.53. The third kappa shape index (κ3) is 2.39. The van der Waals surface area contributed by atoms with Gasteiger partial charge in [-0.15, -0.1) is 0 Å². The minimum atomic E-state index is -0.609. The highest BCUT2D eigenvalue weighted by Gasteiger charge is 2.31. The highest BCUT2D eigenvalue weighted by atomic mass is 16.2. The second kappa shape index (κ2) is 6.42. The smallest absolute Gasteiger partial charge is 0.262 e. The van der Waals surface area contributed by atoms with Gasteiger partial charge in [-0.2, -0.15) is 0 Å². The summed E-state index contributed by atoms with van der Waals surface area (Å²) >= 11 is 0. The molecule has 0 atom stereocenters. The lowest BCUT2D eigenvalue weighted by atomic mass is 10.1. The van der Waals surface area contributed by atoms with Crippen molar-refractivity contribution >= 4 is 39.4 Å². The van der Waals surface area contributed by atoms with E-state index < -0.39 is 17.4 Å². The van der Waals surface area contributed by atoms with E-state index in [1.54, 1.807) is 12.1 Å². The van der Waals surface area contributed by atoms with E-state index in [2.05, 4.69) is 34.1 Å². The van der Waals surface area contributed by atoms with Gasteiger partial charge < -0.3 is 10.3 Å². The molecule has 0 spiro atoms. The predicted octanol–water partition coefficient (Wildman–Crippen LogP) is 3.40. The maximum absolute atomic E-state index is 12.7. The molecule has 1 aliphatic heterocycles. The maximum atomic E-state index is 12.7. The number of nitrogens with one attached hydrogen (secondary N) is 1. The van der Waals surface area contributed by atoms with Gasteiger partial charge in [-0.25, -0.2) is 0 Å². The van der Waals surface area contributed by atoms with Gasteiger partial charge in [0.05, 0.1) is 27.8 Å². The molecule has 32 heavy (non-hydrogen) atoms. The zero-order valence-electron chi connectivity index (χ0n) is 16.7. The molecular formula is C25H16N4O3. The number of hydrogen-bond donors (Lipinski definition) is 2. The van der Waals surface area contributed by atoms with E-state index in [4.69, 9.17) is 5.73 Å². The fraction of sp³-hybridized carbons (Fsp3) is 0. The molecule has 7 nitrogen and oxygen atoms in total. The van der Waals surface area contributed by atoms with E-state index >= 15 is 0 Å². The summed E-state index contributed by atoms with van der Waals surface area (Å²) < 4.78 is 3.40. The van der Waals surface area contributed by atoms with Gasteiger partial charge in [-0.05, 0) is 36.4 Å². The van der Waals surface area contributed by atoms with Gasteiger partial charge >= 0.3 is 0 Å². The quantitative estimate of drug-likeness (QED) is 0.428. The zero-order valence-corrected chi connectivity index (χ0v) is 16.7. The number of imide groups is 1. The van der Waals surface area contributed by atoms with E-state index in [0.717, 1.165) is 33.6 Å². The number of rotatable bonds is 2. The summed E-state index contributed by atoms with van der Waals surface area (Å²) in [6, 6.07) is 24.9. The molecule has 0 unspecified atom stereocenters. The summed E-state index contributed by atoms with van der Waals surface area (Å²) in [5.74, 6) is -1.26. The molecule has 0 saturated heterocycles. The SMILES string of the molecule is Nc1c2c(cc(=O)n1-c1ccc(-n3c4ccccc4c4ccccc43)cc1)C(=O)NC2=O. The Hall–Kier alpha value is -4.65. The normalized spacial score (nSPS) is 13.0. The minimum Gasteiger partial charge on any atom is -0.384 e. The number of nitrogens with two attached hydrogens (primary N) is 1. The molecule has 1 aliphatic rings. The number of nitrogens with zero attached hydrogens (tertiary/aromatic N) is 2. The standard InChI is InChI=1S/C25H16N4O3/c26-23-22-18(24(31)27-25(22)32)13-21(30)29(23)15-11-9-14(10-12-15)28-19-7-3-1-5-16(19)17-6-2-4-8-20(17)28/h1-13H,26H2,(H,27,31,32). The van der Waals surface area contributed by atoms with Gasteiger partial charge in [0.15, 0.2) is 0 Å². The molecule has 6 rings (SSSR count). The molecule has 0 aliphatic carbocycles. The molecule has 0 fully saturated rings. The topological polar surface area (TPSA) is 99.1 Å². The molecule has 2 aromatic heterocycles. The summed E-state index contributed by atoms with van der Waals surface area (Å²) in [6.07, 6.45) is 0. The Bertz CT molecular complexity index is 1610. The Morgan fingerprint density at radius 2 is 1.19 bits per heavy atom. The maximum Gasteiger partial charge on any atom is 0.262 e. The molecule has 0 radical (unpaired) electrons. The van der Waals surface area contributed by atoms with Crippen LogP contribution in [0.2, 0.25) is 0 Å². The van der Waals surface area contributed by atoms with Crippen LogP contribution in [0.25, 0.3) is 33.2 Å². The van der Waals surface area contributed by atoms with Crippen LogP contribution in [-0.4, -0.2) is 20.9 Å². The van der Waals surface area contributed by atoms with Crippen molar-refractivity contribution in [1.29, 1.82) is 0 Å². The van der Waals surface area contributed by atoms with Crippen molar-refractivity contribution in [1.82, 2.24) is 14.5 Å². The monoisotopic (exact) mass is 420 g/mol. The number of carbonyl (C=O) groups excluding carboxylic acids is 2. The first-order valence-corrected chi connectivity index (χ1v) is 10.0. The molecule has 0 bridgehead atoms. The Kier molecular flexibility index (Phi) is 3.64. The van der Waals surface area contributed by atoms with Gasteiger partial charge in [0, 0.05) is 22.5 Å². The number of benzene rings is 3. The minimum absolute atomic E-state index is 0.00986. The molecule has 5 aromatic rings. The third-order valence-electron chi connectivity index (χ3n) is 5.90. The third-order valence-corrected chi connectivity index (χ3v) is 5.90. The van der Waals surface area contributed by atoms with Crippen LogP contribution in [0.15, 0.2) is 83.7 Å². The van der Waals surface area contributed by atoms with Crippen LogP contribution in [0.1, 0.15) is 20.7 Å². The predicted molar refractivity (Wildman–Crippen MR) is 123 cm³/mol. The number of anilines is 1. The summed E-state index contributed by atoms with van der Waals surface area (Å²) in [5, 5.41) is 4.49. The largest absolute Gasteiger partial charge is 0.384 e. The van der Waals surface area contributed by atoms with E-state index in [1.165, 1.54) is 4.57 Å². The highest BCUT2D eigenvalue weighted by molar-refractivity contribution is 6.23. The van der Waals surface area contributed by atoms with E-state index in [1.807, 2.05) is 36.4 Å². The summed E-state index contributed by atoms with van der Waals surface area (Å²) in [6.45, 7) is 0. The molecule has 3 N–H and O–H groups in total. The number of para-hydroxylation sites is 2. The fourth-order valence-corrected chi connectivity index (χ4v) is 4.50. The van der Waals surface area contributed by atoms with Crippen molar-refractivity contribution in [2.24, 2.45) is 0 Å². The van der Waals surface area contributed by atoms with Crippen molar-refractivity contribution < 1.29 is 9.59 Å². The lowest BCUT2D eigenvalue weighted by molar-refractivity contribution is 0.0880. The molecule has 2 amide bonds. The second-order valence-electron chi connectivity index (χ2n) is 7.66. The van der Waals surface area contributed by atoms with Gasteiger partial charge in [0.1, 0.15) is 5.82 Å².